The lowest BCUT2D eigenvalue weighted by Crippen LogP contribution is -2.31. The molecule has 0 spiro atoms. The van der Waals surface area contributed by atoms with Crippen molar-refractivity contribution < 1.29 is 14.7 Å². The molecule has 0 aliphatic carbocycles. The molecule has 7 heteroatoms. The molecule has 2 unspecified atom stereocenters. The number of anilines is 2. The van der Waals surface area contributed by atoms with Crippen molar-refractivity contribution in [2.24, 2.45) is 0 Å². The Hall–Kier alpha value is -3.74. The third-order valence-corrected chi connectivity index (χ3v) is 6.14. The van der Waals surface area contributed by atoms with Crippen molar-refractivity contribution in [3.63, 3.8) is 0 Å². The Morgan fingerprint density at radius 3 is 2.45 bits per heavy atom. The third kappa shape index (κ3) is 2.24. The summed E-state index contributed by atoms with van der Waals surface area (Å²) in [6.07, 6.45) is 4.76. The summed E-state index contributed by atoms with van der Waals surface area (Å²) in [6, 6.07) is 10.8. The quantitative estimate of drug-likeness (QED) is 0.424. The highest BCUT2D eigenvalue weighted by molar-refractivity contribution is 6.02. The first kappa shape index (κ1) is 16.2. The maximum absolute atomic E-state index is 13.3. The summed E-state index contributed by atoms with van der Waals surface area (Å²) in [7, 11) is 0. The summed E-state index contributed by atoms with van der Waals surface area (Å²) < 4.78 is 1.68. The number of aromatic nitrogens is 2. The Balaban J connectivity index is 1.35. The van der Waals surface area contributed by atoms with Gasteiger partial charge in [-0.15, -0.1) is 0 Å². The van der Waals surface area contributed by atoms with Crippen LogP contribution in [0.25, 0.3) is 21.8 Å². The van der Waals surface area contributed by atoms with Gasteiger partial charge < -0.3 is 20.7 Å². The third-order valence-electron chi connectivity index (χ3n) is 6.14. The zero-order chi connectivity index (χ0) is 19.7. The number of aliphatic carboxylic acids is 1. The van der Waals surface area contributed by atoms with E-state index in [1.54, 1.807) is 10.8 Å². The van der Waals surface area contributed by atoms with Gasteiger partial charge in [0.1, 0.15) is 12.1 Å². The molecule has 4 N–H and O–H groups in total. The molecule has 0 amide bonds. The van der Waals surface area contributed by atoms with Crippen LogP contribution in [0.4, 0.5) is 11.4 Å². The zero-order valence-electron chi connectivity index (χ0n) is 15.4. The number of carboxylic acid groups (broad SMARTS) is 1. The van der Waals surface area contributed by atoms with Gasteiger partial charge in [0.2, 0.25) is 0 Å². The lowest BCUT2D eigenvalue weighted by molar-refractivity contribution is -0.137. The summed E-state index contributed by atoms with van der Waals surface area (Å²) in [5, 5.41) is 17.8. The van der Waals surface area contributed by atoms with Crippen LogP contribution in [0.15, 0.2) is 48.8 Å². The molecule has 2 aromatic heterocycles. The molecule has 0 bridgehead atoms. The summed E-state index contributed by atoms with van der Waals surface area (Å²) in [6.45, 7) is 0. The van der Waals surface area contributed by atoms with Crippen molar-refractivity contribution in [2.45, 2.75) is 24.9 Å². The van der Waals surface area contributed by atoms with Gasteiger partial charge in [-0.25, -0.2) is 4.79 Å². The number of carbonyl (C=O) groups excluding carboxylic acids is 1. The van der Waals surface area contributed by atoms with E-state index in [1.807, 2.05) is 42.6 Å². The molecule has 2 aliphatic rings. The monoisotopic (exact) mass is 386 g/mol. The Bertz CT molecular complexity index is 1330. The van der Waals surface area contributed by atoms with Crippen molar-refractivity contribution in [3.8, 4) is 0 Å². The van der Waals surface area contributed by atoms with Crippen LogP contribution in [0.1, 0.15) is 15.9 Å². The van der Waals surface area contributed by atoms with Crippen LogP contribution in [0.3, 0.4) is 0 Å². The van der Waals surface area contributed by atoms with Gasteiger partial charge in [0.15, 0.2) is 0 Å². The van der Waals surface area contributed by atoms with E-state index in [0.717, 1.165) is 44.3 Å². The van der Waals surface area contributed by atoms with Gasteiger partial charge in [-0.2, -0.15) is 0 Å². The van der Waals surface area contributed by atoms with Crippen LogP contribution >= 0.6 is 0 Å². The maximum atomic E-state index is 13.3. The number of H-pyrrole nitrogens is 1. The lowest BCUT2D eigenvalue weighted by atomic mass is 10.0. The molecule has 29 heavy (non-hydrogen) atoms. The van der Waals surface area contributed by atoms with Crippen molar-refractivity contribution >= 4 is 45.1 Å². The molecule has 144 valence electrons. The van der Waals surface area contributed by atoms with Crippen LogP contribution in [0.2, 0.25) is 0 Å². The van der Waals surface area contributed by atoms with Crippen molar-refractivity contribution in [1.82, 2.24) is 9.55 Å². The van der Waals surface area contributed by atoms with E-state index in [1.165, 1.54) is 0 Å². The smallest absolute Gasteiger partial charge is 0.326 e. The SMILES string of the molecule is O=C(O)C1Cc2c(ccc3c2ccn3C(=O)C2Cc3c(ccc4[nH]ccc34)N2)N1. The molecular formula is C22H18N4O3. The first-order chi connectivity index (χ1) is 14.1. The molecular weight excluding hydrogens is 368 g/mol. The van der Waals surface area contributed by atoms with Gasteiger partial charge in [0.05, 0.1) is 5.52 Å². The van der Waals surface area contributed by atoms with Crippen molar-refractivity contribution in [3.05, 3.63) is 59.9 Å². The Kier molecular flexibility index (Phi) is 3.16. The van der Waals surface area contributed by atoms with E-state index in [0.29, 0.717) is 12.8 Å². The number of hydrogen-bond donors (Lipinski definition) is 4. The highest BCUT2D eigenvalue weighted by atomic mass is 16.4. The molecule has 4 heterocycles. The van der Waals surface area contributed by atoms with E-state index < -0.39 is 12.0 Å². The molecule has 2 aromatic carbocycles. The minimum Gasteiger partial charge on any atom is -0.480 e. The fourth-order valence-corrected chi connectivity index (χ4v) is 4.73. The van der Waals surface area contributed by atoms with Gasteiger partial charge >= 0.3 is 5.97 Å². The summed E-state index contributed by atoms with van der Waals surface area (Å²) >= 11 is 0. The summed E-state index contributed by atoms with van der Waals surface area (Å²) in [5.74, 6) is -0.880. The largest absolute Gasteiger partial charge is 0.480 e. The summed E-state index contributed by atoms with van der Waals surface area (Å²) in [4.78, 5) is 27.9. The maximum Gasteiger partial charge on any atom is 0.326 e. The van der Waals surface area contributed by atoms with E-state index in [4.69, 9.17) is 0 Å². The zero-order valence-corrected chi connectivity index (χ0v) is 15.4. The molecule has 0 radical (unpaired) electrons. The van der Waals surface area contributed by atoms with E-state index >= 15 is 0 Å². The summed E-state index contributed by atoms with van der Waals surface area (Å²) in [5.41, 5.74) is 5.83. The predicted molar refractivity (Wildman–Crippen MR) is 111 cm³/mol. The minimum absolute atomic E-state index is 0.0134. The highest BCUT2D eigenvalue weighted by Crippen LogP contribution is 2.36. The predicted octanol–water partition coefficient (Wildman–Crippen LogP) is 3.22. The van der Waals surface area contributed by atoms with Gasteiger partial charge in [-0.05, 0) is 47.5 Å². The second-order valence-corrected chi connectivity index (χ2v) is 7.72. The van der Waals surface area contributed by atoms with Gasteiger partial charge in [0.25, 0.3) is 5.91 Å². The van der Waals surface area contributed by atoms with Crippen molar-refractivity contribution in [1.29, 1.82) is 0 Å². The molecule has 4 aromatic rings. The minimum atomic E-state index is -0.867. The number of carbonyl (C=O) groups is 2. The second-order valence-electron chi connectivity index (χ2n) is 7.72. The molecule has 6 rings (SSSR count). The van der Waals surface area contributed by atoms with E-state index in [9.17, 15) is 14.7 Å². The first-order valence-electron chi connectivity index (χ1n) is 9.62. The fourth-order valence-electron chi connectivity index (χ4n) is 4.73. The molecule has 2 aliphatic heterocycles. The standard InChI is InChI=1S/C22H18N4O3/c27-21(18-9-13-11-5-7-23-15(11)1-2-16(13)24-18)26-8-6-12-14-10-19(22(28)29)25-17(14)3-4-20(12)26/h1-8,18-19,23-25H,9-10H2,(H,28,29). The number of aromatic amines is 1. The molecule has 0 saturated heterocycles. The van der Waals surface area contributed by atoms with Crippen LogP contribution in [-0.4, -0.2) is 38.6 Å². The number of benzene rings is 2. The number of fused-ring (bicyclic) bond motifs is 6. The van der Waals surface area contributed by atoms with Gasteiger partial charge in [-0.1, -0.05) is 0 Å². The average molecular weight is 386 g/mol. The van der Waals surface area contributed by atoms with Crippen LogP contribution in [-0.2, 0) is 17.6 Å². The number of hydrogen-bond acceptors (Lipinski definition) is 4. The van der Waals surface area contributed by atoms with Gasteiger partial charge in [0, 0.05) is 52.9 Å². The molecule has 7 nitrogen and oxygen atoms in total. The number of nitrogens with one attached hydrogen (secondary N) is 3. The molecule has 2 atom stereocenters. The van der Waals surface area contributed by atoms with Gasteiger partial charge in [-0.3, -0.25) is 9.36 Å². The van der Waals surface area contributed by atoms with E-state index in [-0.39, 0.29) is 11.9 Å². The highest BCUT2D eigenvalue weighted by Gasteiger charge is 2.32. The average Bonchev–Trinajstić information content (AvgIpc) is 3.49. The molecule has 0 fully saturated rings. The topological polar surface area (TPSA) is 99.2 Å². The van der Waals surface area contributed by atoms with Crippen LogP contribution < -0.4 is 10.6 Å². The number of rotatable bonds is 2. The number of nitrogens with zero attached hydrogens (tertiary/aromatic N) is 1. The van der Waals surface area contributed by atoms with E-state index in [2.05, 4.69) is 15.6 Å². The van der Waals surface area contributed by atoms with Crippen LogP contribution in [0.5, 0.6) is 0 Å². The lowest BCUT2D eigenvalue weighted by Gasteiger charge is -2.12. The van der Waals surface area contributed by atoms with Crippen molar-refractivity contribution in [2.75, 3.05) is 10.6 Å². The Morgan fingerprint density at radius 1 is 0.897 bits per heavy atom. The fraction of sp³-hybridized carbons (Fsp3) is 0.182. The Labute approximate surface area is 165 Å². The normalized spacial score (nSPS) is 19.7. The second kappa shape index (κ2) is 5.64. The first-order valence-corrected chi connectivity index (χ1v) is 9.62. The van der Waals surface area contributed by atoms with Crippen LogP contribution in [0, 0.1) is 0 Å². The molecule has 0 saturated carbocycles. The number of carboxylic acids is 1. The Morgan fingerprint density at radius 2 is 1.62 bits per heavy atom.